The van der Waals surface area contributed by atoms with Crippen molar-refractivity contribution >= 4 is 38.5 Å². The zero-order valence-corrected chi connectivity index (χ0v) is 10.9. The maximum atomic E-state index is 11.3. The number of hydrogen-bond acceptors (Lipinski definition) is 4. The first-order valence-electron chi connectivity index (χ1n) is 5.23. The molecule has 2 N–H and O–H groups in total. The average molecular weight is 298 g/mol. The van der Waals surface area contributed by atoms with Crippen LogP contribution in [0.1, 0.15) is 6.92 Å². The maximum absolute atomic E-state index is 11.3. The molecule has 0 saturated carbocycles. The minimum atomic E-state index is -0.274. The lowest BCUT2D eigenvalue weighted by atomic mass is 10.2. The SMILES string of the molecule is CCOC(=O)CNc1cc(Br)cc2[nH]ncc12. The van der Waals surface area contributed by atoms with Crippen LogP contribution in [0.25, 0.3) is 10.9 Å². The Morgan fingerprint density at radius 3 is 3.18 bits per heavy atom. The molecule has 0 radical (unpaired) electrons. The van der Waals surface area contributed by atoms with Gasteiger partial charge in [0, 0.05) is 15.5 Å². The molecular weight excluding hydrogens is 286 g/mol. The van der Waals surface area contributed by atoms with E-state index in [1.807, 2.05) is 12.1 Å². The van der Waals surface area contributed by atoms with Crippen LogP contribution in [-0.4, -0.2) is 29.3 Å². The summed E-state index contributed by atoms with van der Waals surface area (Å²) in [6.07, 6.45) is 1.72. The van der Waals surface area contributed by atoms with Gasteiger partial charge in [-0.25, -0.2) is 0 Å². The Morgan fingerprint density at radius 2 is 2.41 bits per heavy atom. The highest BCUT2D eigenvalue weighted by Gasteiger charge is 2.07. The highest BCUT2D eigenvalue weighted by atomic mass is 79.9. The van der Waals surface area contributed by atoms with Crippen molar-refractivity contribution in [1.29, 1.82) is 0 Å². The van der Waals surface area contributed by atoms with Gasteiger partial charge in [0.2, 0.25) is 0 Å². The number of carbonyl (C=O) groups excluding carboxylic acids is 1. The number of benzene rings is 1. The van der Waals surface area contributed by atoms with Gasteiger partial charge in [-0.15, -0.1) is 0 Å². The molecule has 0 bridgehead atoms. The second kappa shape index (κ2) is 5.18. The van der Waals surface area contributed by atoms with Crippen LogP contribution in [0.5, 0.6) is 0 Å². The monoisotopic (exact) mass is 297 g/mol. The van der Waals surface area contributed by atoms with E-state index >= 15 is 0 Å². The Kier molecular flexibility index (Phi) is 3.63. The predicted octanol–water partition coefficient (Wildman–Crippen LogP) is 2.30. The Morgan fingerprint density at radius 1 is 1.59 bits per heavy atom. The Bertz CT molecular complexity index is 538. The van der Waals surface area contributed by atoms with Crippen LogP contribution in [0.3, 0.4) is 0 Å². The minimum absolute atomic E-state index is 0.143. The van der Waals surface area contributed by atoms with E-state index in [4.69, 9.17) is 4.74 Å². The molecule has 0 saturated heterocycles. The zero-order valence-electron chi connectivity index (χ0n) is 9.29. The number of ether oxygens (including phenoxy) is 1. The first-order valence-corrected chi connectivity index (χ1v) is 6.02. The average Bonchev–Trinajstić information content (AvgIpc) is 2.74. The number of rotatable bonds is 4. The molecule has 0 atom stereocenters. The van der Waals surface area contributed by atoms with Crippen LogP contribution in [0.4, 0.5) is 5.69 Å². The third kappa shape index (κ3) is 2.76. The van der Waals surface area contributed by atoms with Gasteiger partial charge in [-0.3, -0.25) is 9.89 Å². The van der Waals surface area contributed by atoms with Gasteiger partial charge in [-0.2, -0.15) is 5.10 Å². The molecule has 0 fully saturated rings. The number of anilines is 1. The van der Waals surface area contributed by atoms with Gasteiger partial charge in [0.25, 0.3) is 0 Å². The van der Waals surface area contributed by atoms with Crippen LogP contribution in [-0.2, 0) is 9.53 Å². The van der Waals surface area contributed by atoms with E-state index < -0.39 is 0 Å². The predicted molar refractivity (Wildman–Crippen MR) is 68.9 cm³/mol. The van der Waals surface area contributed by atoms with Crippen molar-refractivity contribution in [3.63, 3.8) is 0 Å². The fourth-order valence-corrected chi connectivity index (χ4v) is 2.00. The van der Waals surface area contributed by atoms with Crippen LogP contribution in [0, 0.1) is 0 Å². The Balaban J connectivity index is 2.17. The molecular formula is C11H12BrN3O2. The smallest absolute Gasteiger partial charge is 0.325 e. The molecule has 2 rings (SSSR count). The topological polar surface area (TPSA) is 67.0 Å². The number of H-pyrrole nitrogens is 1. The summed E-state index contributed by atoms with van der Waals surface area (Å²) in [5.74, 6) is -0.274. The normalized spacial score (nSPS) is 10.5. The molecule has 1 aromatic heterocycles. The summed E-state index contributed by atoms with van der Waals surface area (Å²) < 4.78 is 5.77. The van der Waals surface area contributed by atoms with E-state index in [1.54, 1.807) is 13.1 Å². The van der Waals surface area contributed by atoms with Gasteiger partial charge in [-0.05, 0) is 19.1 Å². The summed E-state index contributed by atoms with van der Waals surface area (Å²) in [6, 6.07) is 3.83. The lowest BCUT2D eigenvalue weighted by Gasteiger charge is -2.07. The molecule has 0 spiro atoms. The molecule has 90 valence electrons. The molecule has 1 aromatic carbocycles. The first-order chi connectivity index (χ1) is 8.20. The lowest BCUT2D eigenvalue weighted by Crippen LogP contribution is -2.16. The van der Waals surface area contributed by atoms with Gasteiger partial charge in [0.1, 0.15) is 6.54 Å². The van der Waals surface area contributed by atoms with Crippen molar-refractivity contribution in [3.8, 4) is 0 Å². The third-order valence-electron chi connectivity index (χ3n) is 2.25. The van der Waals surface area contributed by atoms with Gasteiger partial charge < -0.3 is 10.1 Å². The Labute approximate surface area is 107 Å². The van der Waals surface area contributed by atoms with E-state index in [1.165, 1.54) is 0 Å². The number of esters is 1. The van der Waals surface area contributed by atoms with Crippen molar-refractivity contribution in [2.24, 2.45) is 0 Å². The van der Waals surface area contributed by atoms with Crippen molar-refractivity contribution in [2.45, 2.75) is 6.92 Å². The lowest BCUT2D eigenvalue weighted by molar-refractivity contribution is -0.140. The molecule has 0 unspecified atom stereocenters. The van der Waals surface area contributed by atoms with Crippen molar-refractivity contribution in [3.05, 3.63) is 22.8 Å². The van der Waals surface area contributed by atoms with E-state index in [-0.39, 0.29) is 12.5 Å². The van der Waals surface area contributed by atoms with Gasteiger partial charge in [0.15, 0.2) is 0 Å². The molecule has 0 amide bonds. The molecule has 0 aliphatic carbocycles. The van der Waals surface area contributed by atoms with Crippen LogP contribution < -0.4 is 5.32 Å². The summed E-state index contributed by atoms with van der Waals surface area (Å²) in [7, 11) is 0. The second-order valence-electron chi connectivity index (χ2n) is 3.44. The number of halogens is 1. The first kappa shape index (κ1) is 11.9. The number of nitrogens with one attached hydrogen (secondary N) is 2. The largest absolute Gasteiger partial charge is 0.465 e. The van der Waals surface area contributed by atoms with E-state index in [9.17, 15) is 4.79 Å². The number of hydrogen-bond donors (Lipinski definition) is 2. The fraction of sp³-hybridized carbons (Fsp3) is 0.273. The molecule has 6 heteroatoms. The van der Waals surface area contributed by atoms with Crippen LogP contribution in [0.15, 0.2) is 22.8 Å². The minimum Gasteiger partial charge on any atom is -0.465 e. The third-order valence-corrected chi connectivity index (χ3v) is 2.71. The summed E-state index contributed by atoms with van der Waals surface area (Å²) in [6.45, 7) is 2.32. The second-order valence-corrected chi connectivity index (χ2v) is 4.36. The zero-order chi connectivity index (χ0) is 12.3. The summed E-state index contributed by atoms with van der Waals surface area (Å²) in [4.78, 5) is 11.3. The quantitative estimate of drug-likeness (QED) is 0.850. The van der Waals surface area contributed by atoms with Crippen LogP contribution in [0.2, 0.25) is 0 Å². The number of aromatic amines is 1. The van der Waals surface area contributed by atoms with Gasteiger partial charge in [-0.1, -0.05) is 15.9 Å². The summed E-state index contributed by atoms with van der Waals surface area (Å²) in [5, 5.41) is 10.8. The van der Waals surface area contributed by atoms with E-state index in [0.29, 0.717) is 6.61 Å². The highest BCUT2D eigenvalue weighted by molar-refractivity contribution is 9.10. The fourth-order valence-electron chi connectivity index (χ4n) is 1.54. The number of carbonyl (C=O) groups is 1. The number of nitrogens with zero attached hydrogens (tertiary/aromatic N) is 1. The summed E-state index contributed by atoms with van der Waals surface area (Å²) >= 11 is 3.40. The van der Waals surface area contributed by atoms with Crippen LogP contribution >= 0.6 is 15.9 Å². The van der Waals surface area contributed by atoms with Crippen molar-refractivity contribution in [2.75, 3.05) is 18.5 Å². The maximum Gasteiger partial charge on any atom is 0.325 e. The van der Waals surface area contributed by atoms with Gasteiger partial charge >= 0.3 is 5.97 Å². The molecule has 1 heterocycles. The van der Waals surface area contributed by atoms with E-state index in [0.717, 1.165) is 21.1 Å². The van der Waals surface area contributed by atoms with E-state index in [2.05, 4.69) is 31.4 Å². The van der Waals surface area contributed by atoms with Gasteiger partial charge in [0.05, 0.1) is 18.3 Å². The molecule has 5 nitrogen and oxygen atoms in total. The summed E-state index contributed by atoms with van der Waals surface area (Å²) in [5.41, 5.74) is 1.75. The van der Waals surface area contributed by atoms with Crippen molar-refractivity contribution in [1.82, 2.24) is 10.2 Å². The Hall–Kier alpha value is -1.56. The molecule has 0 aliphatic rings. The van der Waals surface area contributed by atoms with Crippen molar-refractivity contribution < 1.29 is 9.53 Å². The standard InChI is InChI=1S/C11H12BrN3O2/c1-2-17-11(16)6-13-9-3-7(12)4-10-8(9)5-14-15-10/h3-5,13H,2,6H2,1H3,(H,14,15). The number of aromatic nitrogens is 2. The molecule has 2 aromatic rings. The highest BCUT2D eigenvalue weighted by Crippen LogP contribution is 2.26. The molecule has 0 aliphatic heterocycles. The molecule has 17 heavy (non-hydrogen) atoms. The number of fused-ring (bicyclic) bond motifs is 1.